The molecule has 2 saturated heterocycles. The third-order valence-electron chi connectivity index (χ3n) is 4.11. The second-order valence-corrected chi connectivity index (χ2v) is 5.37. The van der Waals surface area contributed by atoms with E-state index in [1.54, 1.807) is 6.07 Å². The largest absolute Gasteiger partial charge is 0.508 e. The van der Waals surface area contributed by atoms with Gasteiger partial charge in [0.25, 0.3) is 0 Å². The number of nitrogens with one attached hydrogen (secondary N) is 1. The van der Waals surface area contributed by atoms with Crippen molar-refractivity contribution >= 4 is 12.4 Å². The van der Waals surface area contributed by atoms with Crippen LogP contribution in [-0.2, 0) is 6.54 Å². The molecule has 3 nitrogen and oxygen atoms in total. The minimum atomic E-state index is 0. The standard InChI is InChI=1S/C14H20N2O.ClH/c17-14-3-1-2-11(6-14)9-16-5-4-12-7-15-8-13(12)10-16;/h1-3,6,12-13,15,17H,4-5,7-10H2;1H. The number of nitrogens with zero attached hydrogens (tertiary/aromatic N) is 1. The molecule has 0 aromatic heterocycles. The van der Waals surface area contributed by atoms with Gasteiger partial charge in [0.05, 0.1) is 0 Å². The van der Waals surface area contributed by atoms with Gasteiger partial charge in [-0.25, -0.2) is 0 Å². The predicted molar refractivity (Wildman–Crippen MR) is 75.1 cm³/mol. The zero-order valence-electron chi connectivity index (χ0n) is 10.5. The predicted octanol–water partition coefficient (Wildman–Crippen LogP) is 1.86. The monoisotopic (exact) mass is 268 g/mol. The van der Waals surface area contributed by atoms with E-state index in [1.807, 2.05) is 12.1 Å². The molecule has 2 heterocycles. The fourth-order valence-electron chi connectivity index (χ4n) is 3.17. The van der Waals surface area contributed by atoms with Crippen LogP contribution in [0.3, 0.4) is 0 Å². The summed E-state index contributed by atoms with van der Waals surface area (Å²) in [4.78, 5) is 2.52. The van der Waals surface area contributed by atoms with Crippen LogP contribution >= 0.6 is 12.4 Å². The van der Waals surface area contributed by atoms with E-state index < -0.39 is 0 Å². The van der Waals surface area contributed by atoms with Gasteiger partial charge in [0.2, 0.25) is 0 Å². The lowest BCUT2D eigenvalue weighted by atomic mass is 9.88. The Morgan fingerprint density at radius 3 is 2.94 bits per heavy atom. The van der Waals surface area contributed by atoms with Crippen molar-refractivity contribution in [3.63, 3.8) is 0 Å². The number of phenolic OH excluding ortho intramolecular Hbond substituents is 1. The fraction of sp³-hybridized carbons (Fsp3) is 0.571. The number of piperidine rings is 1. The van der Waals surface area contributed by atoms with E-state index >= 15 is 0 Å². The summed E-state index contributed by atoms with van der Waals surface area (Å²) in [5.74, 6) is 2.11. The smallest absolute Gasteiger partial charge is 0.115 e. The first-order valence-electron chi connectivity index (χ1n) is 6.52. The molecule has 0 saturated carbocycles. The van der Waals surface area contributed by atoms with E-state index in [9.17, 15) is 5.11 Å². The molecule has 1 aromatic carbocycles. The number of aromatic hydroxyl groups is 1. The number of likely N-dealkylation sites (tertiary alicyclic amines) is 1. The van der Waals surface area contributed by atoms with Crippen LogP contribution in [0.5, 0.6) is 5.75 Å². The zero-order chi connectivity index (χ0) is 11.7. The molecule has 1 aromatic rings. The van der Waals surface area contributed by atoms with Crippen molar-refractivity contribution in [1.29, 1.82) is 0 Å². The van der Waals surface area contributed by atoms with Gasteiger partial charge in [0, 0.05) is 13.1 Å². The van der Waals surface area contributed by atoms with Crippen LogP contribution in [-0.4, -0.2) is 36.2 Å². The van der Waals surface area contributed by atoms with Gasteiger partial charge in [-0.2, -0.15) is 0 Å². The summed E-state index contributed by atoms with van der Waals surface area (Å²) < 4.78 is 0. The number of hydrogen-bond acceptors (Lipinski definition) is 3. The van der Waals surface area contributed by atoms with Crippen LogP contribution in [0.25, 0.3) is 0 Å². The highest BCUT2D eigenvalue weighted by Crippen LogP contribution is 2.27. The van der Waals surface area contributed by atoms with Gasteiger partial charge in [0.15, 0.2) is 0 Å². The van der Waals surface area contributed by atoms with E-state index in [-0.39, 0.29) is 12.4 Å². The van der Waals surface area contributed by atoms with Crippen molar-refractivity contribution in [1.82, 2.24) is 10.2 Å². The maximum absolute atomic E-state index is 9.46. The molecule has 0 radical (unpaired) electrons. The van der Waals surface area contributed by atoms with Crippen LogP contribution in [0.15, 0.2) is 24.3 Å². The molecule has 2 aliphatic heterocycles. The Hall–Kier alpha value is -0.770. The highest BCUT2D eigenvalue weighted by Gasteiger charge is 2.32. The topological polar surface area (TPSA) is 35.5 Å². The molecular formula is C14H21ClN2O. The minimum absolute atomic E-state index is 0. The molecule has 2 atom stereocenters. The molecule has 0 spiro atoms. The number of rotatable bonds is 2. The van der Waals surface area contributed by atoms with Gasteiger partial charge in [-0.3, -0.25) is 4.90 Å². The van der Waals surface area contributed by atoms with E-state index in [0.717, 1.165) is 18.4 Å². The molecule has 2 N–H and O–H groups in total. The molecule has 0 amide bonds. The molecule has 4 heteroatoms. The molecule has 0 bridgehead atoms. The number of hydrogen-bond donors (Lipinski definition) is 2. The number of halogens is 1. The lowest BCUT2D eigenvalue weighted by Gasteiger charge is -2.34. The first-order valence-corrected chi connectivity index (χ1v) is 6.52. The zero-order valence-corrected chi connectivity index (χ0v) is 11.3. The molecule has 2 unspecified atom stereocenters. The Kier molecular flexibility index (Phi) is 4.49. The van der Waals surface area contributed by atoms with Crippen molar-refractivity contribution in [3.05, 3.63) is 29.8 Å². The average molecular weight is 269 g/mol. The average Bonchev–Trinajstić information content (AvgIpc) is 2.76. The summed E-state index contributed by atoms with van der Waals surface area (Å²) in [5.41, 5.74) is 1.22. The van der Waals surface area contributed by atoms with Gasteiger partial charge in [-0.1, -0.05) is 12.1 Å². The summed E-state index contributed by atoms with van der Waals surface area (Å²) in [7, 11) is 0. The van der Waals surface area contributed by atoms with Crippen LogP contribution in [0.1, 0.15) is 12.0 Å². The van der Waals surface area contributed by atoms with Gasteiger partial charge in [-0.15, -0.1) is 12.4 Å². The lowest BCUT2D eigenvalue weighted by Crippen LogP contribution is -2.39. The molecule has 2 fully saturated rings. The van der Waals surface area contributed by atoms with Crippen LogP contribution in [0, 0.1) is 11.8 Å². The van der Waals surface area contributed by atoms with Crippen LogP contribution in [0.4, 0.5) is 0 Å². The summed E-state index contributed by atoms with van der Waals surface area (Å²) >= 11 is 0. The number of fused-ring (bicyclic) bond motifs is 1. The van der Waals surface area contributed by atoms with Crippen molar-refractivity contribution in [2.45, 2.75) is 13.0 Å². The Bertz CT molecular complexity index is 399. The quantitative estimate of drug-likeness (QED) is 0.859. The molecule has 18 heavy (non-hydrogen) atoms. The highest BCUT2D eigenvalue weighted by atomic mass is 35.5. The molecule has 2 aliphatic rings. The summed E-state index contributed by atoms with van der Waals surface area (Å²) in [6.07, 6.45) is 1.32. The number of benzene rings is 1. The molecule has 100 valence electrons. The van der Waals surface area contributed by atoms with Crippen LogP contribution in [0.2, 0.25) is 0 Å². The fourth-order valence-corrected chi connectivity index (χ4v) is 3.17. The van der Waals surface area contributed by atoms with Crippen molar-refractivity contribution < 1.29 is 5.11 Å². The van der Waals surface area contributed by atoms with Gasteiger partial charge < -0.3 is 10.4 Å². The maximum Gasteiger partial charge on any atom is 0.115 e. The molecular weight excluding hydrogens is 248 g/mol. The van der Waals surface area contributed by atoms with Gasteiger partial charge in [-0.05, 0) is 55.6 Å². The minimum Gasteiger partial charge on any atom is -0.508 e. The Labute approximate surface area is 115 Å². The highest BCUT2D eigenvalue weighted by molar-refractivity contribution is 5.85. The Morgan fingerprint density at radius 2 is 2.11 bits per heavy atom. The summed E-state index contributed by atoms with van der Waals surface area (Å²) in [6.45, 7) is 5.76. The second-order valence-electron chi connectivity index (χ2n) is 5.37. The molecule has 0 aliphatic carbocycles. The van der Waals surface area contributed by atoms with Crippen molar-refractivity contribution in [2.24, 2.45) is 11.8 Å². The molecule has 3 rings (SSSR count). The first-order chi connectivity index (χ1) is 8.31. The SMILES string of the molecule is Cl.Oc1cccc(CN2CCC3CNCC3C2)c1. The Balaban J connectivity index is 0.00000120. The first kappa shape index (κ1) is 13.7. The van der Waals surface area contributed by atoms with Gasteiger partial charge >= 0.3 is 0 Å². The van der Waals surface area contributed by atoms with Crippen molar-refractivity contribution in [2.75, 3.05) is 26.2 Å². The number of phenols is 1. The third-order valence-corrected chi connectivity index (χ3v) is 4.11. The van der Waals surface area contributed by atoms with Crippen molar-refractivity contribution in [3.8, 4) is 5.75 Å². The maximum atomic E-state index is 9.46. The summed E-state index contributed by atoms with van der Waals surface area (Å²) in [6, 6.07) is 7.63. The lowest BCUT2D eigenvalue weighted by molar-refractivity contribution is 0.142. The third kappa shape index (κ3) is 2.97. The second kappa shape index (κ2) is 5.91. The van der Waals surface area contributed by atoms with E-state index in [0.29, 0.717) is 5.75 Å². The van der Waals surface area contributed by atoms with Crippen LogP contribution < -0.4 is 5.32 Å². The normalized spacial score (nSPS) is 27.6. The summed E-state index contributed by atoms with van der Waals surface area (Å²) in [5, 5.41) is 13.0. The van der Waals surface area contributed by atoms with E-state index in [2.05, 4.69) is 16.3 Å². The Morgan fingerprint density at radius 1 is 1.28 bits per heavy atom. The van der Waals surface area contributed by atoms with E-state index in [1.165, 1.54) is 38.2 Å². The van der Waals surface area contributed by atoms with Gasteiger partial charge in [0.1, 0.15) is 5.75 Å². The van der Waals surface area contributed by atoms with E-state index in [4.69, 9.17) is 0 Å².